The number of benzene rings is 2. The van der Waals surface area contributed by atoms with E-state index in [1.165, 1.54) is 18.6 Å². The zero-order valence-electron chi connectivity index (χ0n) is 20.7. The van der Waals surface area contributed by atoms with Crippen LogP contribution in [0.15, 0.2) is 54.6 Å². The number of methoxy groups -OCH3 is 1. The fourth-order valence-corrected chi connectivity index (χ4v) is 5.20. The van der Waals surface area contributed by atoms with Crippen molar-refractivity contribution in [2.45, 2.75) is 63.7 Å². The smallest absolute Gasteiger partial charge is 0.273 e. The average molecular weight is 491 g/mol. The number of hydrogen-bond donors (Lipinski definition) is 1. The van der Waals surface area contributed by atoms with Crippen molar-refractivity contribution in [1.29, 1.82) is 0 Å². The van der Waals surface area contributed by atoms with Crippen molar-refractivity contribution in [2.75, 3.05) is 7.11 Å². The fraction of sp³-hybridized carbons (Fsp3) is 0.393. The third kappa shape index (κ3) is 4.59. The van der Waals surface area contributed by atoms with E-state index in [0.717, 1.165) is 37.0 Å². The third-order valence-corrected chi connectivity index (χ3v) is 7.34. The maximum Gasteiger partial charge on any atom is 0.273 e. The highest BCUT2D eigenvalue weighted by Crippen LogP contribution is 2.32. The van der Waals surface area contributed by atoms with Crippen LogP contribution in [0.5, 0.6) is 5.75 Å². The summed E-state index contributed by atoms with van der Waals surface area (Å²) in [7, 11) is 1.61. The number of fused-ring (bicyclic) bond motifs is 1. The molecule has 188 valence electrons. The average Bonchev–Trinajstić information content (AvgIpc) is 3.31. The highest BCUT2D eigenvalue weighted by molar-refractivity contribution is 6.00. The zero-order valence-corrected chi connectivity index (χ0v) is 20.7. The van der Waals surface area contributed by atoms with E-state index in [1.54, 1.807) is 41.8 Å². The highest BCUT2D eigenvalue weighted by Gasteiger charge is 2.48. The quantitative estimate of drug-likeness (QED) is 0.550. The summed E-state index contributed by atoms with van der Waals surface area (Å²) >= 11 is 0. The number of nitrogens with zero attached hydrogens (tertiary/aromatic N) is 3. The number of amides is 2. The molecule has 1 aromatic heterocycles. The van der Waals surface area contributed by atoms with Gasteiger partial charge in [-0.2, -0.15) is 5.10 Å². The second-order valence-corrected chi connectivity index (χ2v) is 9.90. The van der Waals surface area contributed by atoms with E-state index in [4.69, 9.17) is 9.84 Å². The molecule has 0 radical (unpaired) electrons. The number of carbonyl (C=O) groups excluding carboxylic acids is 2. The molecule has 2 heterocycles. The number of hydrogen-bond acceptors (Lipinski definition) is 4. The Morgan fingerprint density at radius 2 is 1.89 bits per heavy atom. The van der Waals surface area contributed by atoms with Gasteiger partial charge in [-0.25, -0.2) is 4.39 Å². The maximum atomic E-state index is 14.0. The molecular weight excluding hydrogens is 459 g/mol. The molecule has 0 bridgehead atoms. The molecule has 1 aliphatic carbocycles. The van der Waals surface area contributed by atoms with Crippen LogP contribution in [0.3, 0.4) is 0 Å². The van der Waals surface area contributed by atoms with Crippen molar-refractivity contribution in [2.24, 2.45) is 0 Å². The van der Waals surface area contributed by atoms with Crippen LogP contribution >= 0.6 is 0 Å². The molecule has 0 spiro atoms. The van der Waals surface area contributed by atoms with Crippen LogP contribution in [0, 0.1) is 5.82 Å². The number of ether oxygens (including phenoxy) is 1. The SMILES string of the molecule is COc1ccc(-c2cc3n(n2)C[C@@](C)(C(=O)NC2CCCCC2)N(Cc2cccc(F)c2)C3=O)cc1. The van der Waals surface area contributed by atoms with Crippen molar-refractivity contribution < 1.29 is 18.7 Å². The van der Waals surface area contributed by atoms with Gasteiger partial charge in [-0.1, -0.05) is 31.4 Å². The molecule has 2 aromatic carbocycles. The van der Waals surface area contributed by atoms with Gasteiger partial charge in [0.1, 0.15) is 22.8 Å². The van der Waals surface area contributed by atoms with Gasteiger partial charge in [0, 0.05) is 18.2 Å². The molecule has 1 saturated carbocycles. The molecule has 1 aliphatic heterocycles. The van der Waals surface area contributed by atoms with Crippen LogP contribution < -0.4 is 10.1 Å². The van der Waals surface area contributed by atoms with Gasteiger partial charge in [0.15, 0.2) is 0 Å². The molecule has 5 rings (SSSR count). The van der Waals surface area contributed by atoms with E-state index in [9.17, 15) is 14.0 Å². The minimum absolute atomic E-state index is 0.100. The molecule has 1 fully saturated rings. The molecule has 2 amide bonds. The molecule has 2 aliphatic rings. The summed E-state index contributed by atoms with van der Waals surface area (Å²) in [6, 6.07) is 15.5. The van der Waals surface area contributed by atoms with Gasteiger partial charge >= 0.3 is 0 Å². The number of aromatic nitrogens is 2. The minimum Gasteiger partial charge on any atom is -0.497 e. The first-order valence-corrected chi connectivity index (χ1v) is 12.5. The number of rotatable bonds is 6. The first-order valence-electron chi connectivity index (χ1n) is 12.5. The fourth-order valence-electron chi connectivity index (χ4n) is 5.20. The molecule has 1 N–H and O–H groups in total. The number of nitrogens with one attached hydrogen (secondary N) is 1. The molecule has 7 nitrogen and oxygen atoms in total. The predicted molar refractivity (Wildman–Crippen MR) is 134 cm³/mol. The molecular formula is C28H31FN4O3. The second kappa shape index (κ2) is 9.76. The van der Waals surface area contributed by atoms with Gasteiger partial charge in [0.05, 0.1) is 19.3 Å². The zero-order chi connectivity index (χ0) is 25.3. The predicted octanol–water partition coefficient (Wildman–Crippen LogP) is 4.56. The first kappa shape index (κ1) is 24.0. The Morgan fingerprint density at radius 3 is 2.58 bits per heavy atom. The van der Waals surface area contributed by atoms with Gasteiger partial charge in [-0.3, -0.25) is 14.3 Å². The summed E-state index contributed by atoms with van der Waals surface area (Å²) in [6.07, 6.45) is 5.23. The van der Waals surface area contributed by atoms with Crippen molar-refractivity contribution in [1.82, 2.24) is 20.0 Å². The Morgan fingerprint density at radius 1 is 1.14 bits per heavy atom. The van der Waals surface area contributed by atoms with Crippen LogP contribution in [-0.4, -0.2) is 45.2 Å². The summed E-state index contributed by atoms with van der Waals surface area (Å²) < 4.78 is 20.8. The Labute approximate surface area is 210 Å². The summed E-state index contributed by atoms with van der Waals surface area (Å²) in [5.41, 5.74) is 1.33. The standard InChI is InChI=1S/C28H31FN4O3/c1-28(27(35)30-22-9-4-3-5-10-22)18-33-25(16-24(31-33)20-11-13-23(36-2)14-12-20)26(34)32(28)17-19-7-6-8-21(29)15-19/h6-8,11-16,22H,3-5,9-10,17-18H2,1-2H3,(H,30,35)/t28-/m0/s1. The number of carbonyl (C=O) groups is 2. The Bertz CT molecular complexity index is 1270. The van der Waals surface area contributed by atoms with E-state index in [-0.39, 0.29) is 36.8 Å². The van der Waals surface area contributed by atoms with E-state index in [0.29, 0.717) is 17.0 Å². The van der Waals surface area contributed by atoms with Crippen LogP contribution in [0.1, 0.15) is 55.1 Å². The normalized spacial score (nSPS) is 20.2. The lowest BCUT2D eigenvalue weighted by molar-refractivity contribution is -0.134. The van der Waals surface area contributed by atoms with E-state index in [1.807, 2.05) is 24.3 Å². The van der Waals surface area contributed by atoms with Gasteiger partial charge in [0.25, 0.3) is 5.91 Å². The lowest BCUT2D eigenvalue weighted by Gasteiger charge is -2.44. The summed E-state index contributed by atoms with van der Waals surface area (Å²) in [6.45, 7) is 2.10. The molecule has 0 unspecified atom stereocenters. The Hall–Kier alpha value is -3.68. The number of halogens is 1. The van der Waals surface area contributed by atoms with Crippen molar-refractivity contribution in [3.05, 3.63) is 71.7 Å². The van der Waals surface area contributed by atoms with E-state index in [2.05, 4.69) is 5.32 Å². The summed E-state index contributed by atoms with van der Waals surface area (Å²) in [4.78, 5) is 29.1. The Balaban J connectivity index is 1.50. The van der Waals surface area contributed by atoms with E-state index >= 15 is 0 Å². The summed E-state index contributed by atoms with van der Waals surface area (Å²) in [5, 5.41) is 7.89. The van der Waals surface area contributed by atoms with Gasteiger partial charge in [0.2, 0.25) is 5.91 Å². The topological polar surface area (TPSA) is 76.5 Å². The van der Waals surface area contributed by atoms with Crippen LogP contribution in [0.4, 0.5) is 4.39 Å². The first-order chi connectivity index (χ1) is 17.4. The largest absolute Gasteiger partial charge is 0.497 e. The third-order valence-electron chi connectivity index (χ3n) is 7.34. The van der Waals surface area contributed by atoms with Gasteiger partial charge in [-0.05, 0) is 67.8 Å². The lowest BCUT2D eigenvalue weighted by atomic mass is 9.91. The minimum atomic E-state index is -1.18. The Kier molecular flexibility index (Phi) is 6.51. The molecule has 8 heteroatoms. The highest BCUT2D eigenvalue weighted by atomic mass is 19.1. The van der Waals surface area contributed by atoms with Gasteiger partial charge < -0.3 is 15.0 Å². The monoisotopic (exact) mass is 490 g/mol. The second-order valence-electron chi connectivity index (χ2n) is 9.90. The lowest BCUT2D eigenvalue weighted by Crippen LogP contribution is -2.64. The van der Waals surface area contributed by atoms with Crippen LogP contribution in [0.2, 0.25) is 0 Å². The molecule has 36 heavy (non-hydrogen) atoms. The summed E-state index contributed by atoms with van der Waals surface area (Å²) in [5.74, 6) is -0.158. The van der Waals surface area contributed by atoms with Crippen molar-refractivity contribution in [3.63, 3.8) is 0 Å². The molecule has 0 saturated heterocycles. The molecule has 1 atom stereocenters. The molecule has 3 aromatic rings. The maximum absolute atomic E-state index is 14.0. The van der Waals surface area contributed by atoms with Crippen molar-refractivity contribution >= 4 is 11.8 Å². The van der Waals surface area contributed by atoms with Crippen LogP contribution in [0.25, 0.3) is 11.3 Å². The van der Waals surface area contributed by atoms with Gasteiger partial charge in [-0.15, -0.1) is 0 Å². The van der Waals surface area contributed by atoms with Crippen LogP contribution in [-0.2, 0) is 17.9 Å². The van der Waals surface area contributed by atoms with E-state index < -0.39 is 5.54 Å². The van der Waals surface area contributed by atoms with Crippen molar-refractivity contribution in [3.8, 4) is 17.0 Å².